The second-order valence-electron chi connectivity index (χ2n) is 5.15. The molecule has 3 N–H and O–H groups in total. The van der Waals surface area contributed by atoms with Crippen LogP contribution in [0.4, 0.5) is 13.2 Å². The zero-order chi connectivity index (χ0) is 16.6. The second-order valence-corrected chi connectivity index (χ2v) is 5.15. The van der Waals surface area contributed by atoms with Crippen LogP contribution in [0, 0.1) is 0 Å². The number of fused-ring (bicyclic) bond motifs is 1. The van der Waals surface area contributed by atoms with Gasteiger partial charge in [-0.15, -0.1) is 0 Å². The Morgan fingerprint density at radius 2 is 2.00 bits per heavy atom. The first-order chi connectivity index (χ1) is 10.9. The Bertz CT molecular complexity index is 736. The number of halogens is 3. The summed E-state index contributed by atoms with van der Waals surface area (Å²) in [5.41, 5.74) is 6.45. The molecule has 0 aromatic heterocycles. The molecule has 3 rings (SSSR count). The number of hydrogen-bond acceptors (Lipinski definition) is 4. The molecule has 4 nitrogen and oxygen atoms in total. The Labute approximate surface area is 130 Å². The maximum absolute atomic E-state index is 12.7. The van der Waals surface area contributed by atoms with Gasteiger partial charge in [0.2, 0.25) is 0 Å². The summed E-state index contributed by atoms with van der Waals surface area (Å²) < 4.78 is 48.9. The van der Waals surface area contributed by atoms with Crippen LogP contribution in [-0.2, 0) is 24.0 Å². The van der Waals surface area contributed by atoms with Gasteiger partial charge in [0, 0.05) is 12.1 Å². The molecule has 8 heteroatoms. The van der Waals surface area contributed by atoms with Crippen molar-refractivity contribution < 1.29 is 27.6 Å². The largest absolute Gasteiger partial charge is 0.491 e. The van der Waals surface area contributed by atoms with Gasteiger partial charge in [-0.05, 0) is 41.4 Å². The molecule has 0 bridgehead atoms. The second kappa shape index (κ2) is 5.88. The van der Waals surface area contributed by atoms with E-state index in [0.717, 1.165) is 17.7 Å². The van der Waals surface area contributed by atoms with Crippen molar-refractivity contribution in [3.8, 4) is 11.5 Å². The third kappa shape index (κ3) is 3.19. The molecule has 1 heterocycles. The van der Waals surface area contributed by atoms with Crippen LogP contribution >= 0.6 is 0 Å². The van der Waals surface area contributed by atoms with Crippen molar-refractivity contribution in [3.63, 3.8) is 0 Å². The topological polar surface area (TPSA) is 64.7 Å². The molecule has 0 fully saturated rings. The molecule has 2 aromatic carbocycles. The van der Waals surface area contributed by atoms with E-state index in [1.165, 1.54) is 6.07 Å². The average Bonchev–Trinajstić information content (AvgIpc) is 2.87. The maximum Gasteiger partial charge on any atom is 0.491 e. The fourth-order valence-electron chi connectivity index (χ4n) is 2.41. The lowest BCUT2D eigenvalue weighted by Crippen LogP contribution is -2.27. The Morgan fingerprint density at radius 1 is 1.22 bits per heavy atom. The van der Waals surface area contributed by atoms with Crippen molar-refractivity contribution in [2.24, 2.45) is 5.73 Å². The number of benzene rings is 2. The van der Waals surface area contributed by atoms with Crippen LogP contribution in [0.2, 0.25) is 0 Å². The fraction of sp³-hybridized carbons (Fsp3) is 0.200. The predicted octanol–water partition coefficient (Wildman–Crippen LogP) is 2.17. The molecule has 0 unspecified atom stereocenters. The molecule has 1 aliphatic rings. The first kappa shape index (κ1) is 15.9. The van der Waals surface area contributed by atoms with Crippen molar-refractivity contribution in [1.82, 2.24) is 0 Å². The minimum Gasteiger partial charge on any atom is -0.457 e. The Morgan fingerprint density at radius 3 is 2.70 bits per heavy atom. The SMILES string of the molecule is NCc1cc(C(F)(F)F)ccc1Oc1ccc2c(c1)COB2O. The van der Waals surface area contributed by atoms with Gasteiger partial charge in [-0.25, -0.2) is 0 Å². The Balaban J connectivity index is 1.88. The van der Waals surface area contributed by atoms with E-state index in [1.807, 2.05) is 0 Å². The number of alkyl halides is 3. The van der Waals surface area contributed by atoms with Crippen LogP contribution in [0.15, 0.2) is 36.4 Å². The van der Waals surface area contributed by atoms with Crippen molar-refractivity contribution in [1.29, 1.82) is 0 Å². The molecule has 0 saturated heterocycles. The summed E-state index contributed by atoms with van der Waals surface area (Å²) in [6.45, 7) is 0.177. The highest BCUT2D eigenvalue weighted by Crippen LogP contribution is 2.34. The van der Waals surface area contributed by atoms with E-state index in [1.54, 1.807) is 18.2 Å². The summed E-state index contributed by atoms with van der Waals surface area (Å²) >= 11 is 0. The zero-order valence-electron chi connectivity index (χ0n) is 11.9. The van der Waals surface area contributed by atoms with E-state index in [2.05, 4.69) is 0 Å². The van der Waals surface area contributed by atoms with Crippen LogP contribution < -0.4 is 15.9 Å². The third-order valence-electron chi connectivity index (χ3n) is 3.61. The van der Waals surface area contributed by atoms with Crippen LogP contribution in [0.1, 0.15) is 16.7 Å². The third-order valence-corrected chi connectivity index (χ3v) is 3.61. The molecule has 2 aromatic rings. The van der Waals surface area contributed by atoms with E-state index in [9.17, 15) is 18.2 Å². The monoisotopic (exact) mass is 323 g/mol. The number of rotatable bonds is 3. The molecule has 0 aliphatic carbocycles. The van der Waals surface area contributed by atoms with Gasteiger partial charge in [0.1, 0.15) is 11.5 Å². The van der Waals surface area contributed by atoms with Crippen LogP contribution in [0.25, 0.3) is 0 Å². The smallest absolute Gasteiger partial charge is 0.457 e. The summed E-state index contributed by atoms with van der Waals surface area (Å²) in [5.74, 6) is 0.704. The van der Waals surface area contributed by atoms with E-state index < -0.39 is 18.9 Å². The molecule has 0 spiro atoms. The summed E-state index contributed by atoms with van der Waals surface area (Å²) in [7, 11) is -0.954. The summed E-state index contributed by atoms with van der Waals surface area (Å²) in [6, 6.07) is 8.15. The first-order valence-corrected chi connectivity index (χ1v) is 6.89. The van der Waals surface area contributed by atoms with Gasteiger partial charge in [0.15, 0.2) is 0 Å². The quantitative estimate of drug-likeness (QED) is 0.850. The molecule has 0 amide bonds. The van der Waals surface area contributed by atoms with E-state index in [4.69, 9.17) is 15.1 Å². The van der Waals surface area contributed by atoms with Gasteiger partial charge >= 0.3 is 13.3 Å². The number of hydrogen-bond donors (Lipinski definition) is 2. The average molecular weight is 323 g/mol. The van der Waals surface area contributed by atoms with Gasteiger partial charge in [-0.3, -0.25) is 0 Å². The molecule has 23 heavy (non-hydrogen) atoms. The Hall–Kier alpha value is -2.03. The standard InChI is InChI=1S/C15H13BF3NO3/c17-15(18,19)11-1-4-14(9(5-11)7-20)23-12-2-3-13-10(6-12)8-22-16(13)21/h1-6,21H,7-8,20H2. The highest BCUT2D eigenvalue weighted by molar-refractivity contribution is 6.61. The molecular weight excluding hydrogens is 310 g/mol. The zero-order valence-corrected chi connectivity index (χ0v) is 11.9. The lowest BCUT2D eigenvalue weighted by molar-refractivity contribution is -0.137. The number of nitrogens with two attached hydrogens (primary N) is 1. The maximum atomic E-state index is 12.7. The predicted molar refractivity (Wildman–Crippen MR) is 78.2 cm³/mol. The first-order valence-electron chi connectivity index (χ1n) is 6.89. The van der Waals surface area contributed by atoms with Crippen molar-refractivity contribution in [2.75, 3.05) is 0 Å². The minimum absolute atomic E-state index is 0.0774. The van der Waals surface area contributed by atoms with E-state index in [-0.39, 0.29) is 24.5 Å². The van der Waals surface area contributed by atoms with Crippen molar-refractivity contribution in [3.05, 3.63) is 53.1 Å². The summed E-state index contributed by atoms with van der Waals surface area (Å²) in [5, 5.41) is 9.56. The van der Waals surface area contributed by atoms with Crippen LogP contribution in [0.3, 0.4) is 0 Å². The minimum atomic E-state index is -4.43. The highest BCUT2D eigenvalue weighted by atomic mass is 19.4. The van der Waals surface area contributed by atoms with Gasteiger partial charge < -0.3 is 20.1 Å². The van der Waals surface area contributed by atoms with Gasteiger partial charge in [-0.2, -0.15) is 13.2 Å². The van der Waals surface area contributed by atoms with Crippen LogP contribution in [-0.4, -0.2) is 12.1 Å². The Kier molecular flexibility index (Phi) is 4.05. The lowest BCUT2D eigenvalue weighted by Gasteiger charge is -2.14. The molecular formula is C15H13BF3NO3. The normalized spacial score (nSPS) is 14.0. The highest BCUT2D eigenvalue weighted by Gasteiger charge is 2.31. The van der Waals surface area contributed by atoms with Gasteiger partial charge in [0.25, 0.3) is 0 Å². The van der Waals surface area contributed by atoms with E-state index >= 15 is 0 Å². The van der Waals surface area contributed by atoms with E-state index in [0.29, 0.717) is 11.2 Å². The summed E-state index contributed by atoms with van der Waals surface area (Å²) in [6.07, 6.45) is -4.43. The molecule has 0 saturated carbocycles. The van der Waals surface area contributed by atoms with Gasteiger partial charge in [-0.1, -0.05) is 6.07 Å². The number of ether oxygens (including phenoxy) is 1. The fourth-order valence-corrected chi connectivity index (χ4v) is 2.41. The molecule has 1 aliphatic heterocycles. The molecule has 0 radical (unpaired) electrons. The molecule has 0 atom stereocenters. The van der Waals surface area contributed by atoms with Crippen molar-refractivity contribution >= 4 is 12.6 Å². The van der Waals surface area contributed by atoms with Crippen LogP contribution in [0.5, 0.6) is 11.5 Å². The van der Waals surface area contributed by atoms with Gasteiger partial charge in [0.05, 0.1) is 12.2 Å². The molecule has 120 valence electrons. The summed E-state index contributed by atoms with van der Waals surface area (Å²) in [4.78, 5) is 0. The lowest BCUT2D eigenvalue weighted by atomic mass is 9.80. The van der Waals surface area contributed by atoms with Crippen molar-refractivity contribution in [2.45, 2.75) is 19.3 Å².